The summed E-state index contributed by atoms with van der Waals surface area (Å²) in [5.41, 5.74) is 1.02. The molecule has 3 rings (SSSR count). The van der Waals surface area contributed by atoms with Crippen molar-refractivity contribution in [1.29, 1.82) is 0 Å². The lowest BCUT2D eigenvalue weighted by molar-refractivity contribution is -0.137. The molecule has 5 nitrogen and oxygen atoms in total. The molecule has 0 fully saturated rings. The summed E-state index contributed by atoms with van der Waals surface area (Å²) in [6.07, 6.45) is 2.29. The molecule has 0 aliphatic heterocycles. The molecule has 106 valence electrons. The number of nitrogens with zero attached hydrogens (tertiary/aromatic N) is 1. The van der Waals surface area contributed by atoms with Gasteiger partial charge in [-0.05, 0) is 23.8 Å². The van der Waals surface area contributed by atoms with Gasteiger partial charge in [0.25, 0.3) is 5.56 Å². The van der Waals surface area contributed by atoms with E-state index < -0.39 is 5.97 Å². The summed E-state index contributed by atoms with van der Waals surface area (Å²) < 4.78 is 0. The Morgan fingerprint density at radius 3 is 2.95 bits per heavy atom. The molecule has 0 amide bonds. The first kappa shape index (κ1) is 13.3. The van der Waals surface area contributed by atoms with Crippen molar-refractivity contribution in [2.45, 2.75) is 44.9 Å². The molecule has 2 N–H and O–H groups in total. The van der Waals surface area contributed by atoms with Crippen LogP contribution in [0.3, 0.4) is 0 Å². The lowest BCUT2D eigenvalue weighted by atomic mass is 9.86. The molecule has 0 bridgehead atoms. The molecular formula is C14H16N2O3S. The van der Waals surface area contributed by atoms with Crippen molar-refractivity contribution in [3.8, 4) is 0 Å². The first-order valence-corrected chi connectivity index (χ1v) is 7.47. The predicted molar refractivity (Wildman–Crippen MR) is 77.5 cm³/mol. The number of carbonyl (C=O) groups is 1. The number of carboxylic acids is 1. The maximum absolute atomic E-state index is 12.3. The Hall–Kier alpha value is -1.69. The first-order valence-electron chi connectivity index (χ1n) is 6.65. The molecular weight excluding hydrogens is 276 g/mol. The molecule has 0 saturated heterocycles. The highest BCUT2D eigenvalue weighted by Gasteiger charge is 2.35. The number of H-pyrrole nitrogens is 1. The van der Waals surface area contributed by atoms with Crippen LogP contribution in [0.4, 0.5) is 0 Å². The number of thiophene rings is 1. The number of hydrogen-bond donors (Lipinski definition) is 2. The zero-order valence-electron chi connectivity index (χ0n) is 11.4. The molecule has 20 heavy (non-hydrogen) atoms. The van der Waals surface area contributed by atoms with Gasteiger partial charge >= 0.3 is 5.97 Å². The molecule has 0 saturated carbocycles. The fourth-order valence-corrected chi connectivity index (χ4v) is 4.26. The van der Waals surface area contributed by atoms with Gasteiger partial charge in [0.05, 0.1) is 11.8 Å². The number of aromatic nitrogens is 2. The van der Waals surface area contributed by atoms with E-state index in [9.17, 15) is 9.59 Å². The van der Waals surface area contributed by atoms with E-state index >= 15 is 0 Å². The molecule has 0 aromatic carbocycles. The predicted octanol–water partition coefficient (Wildman–Crippen LogP) is 2.23. The summed E-state index contributed by atoms with van der Waals surface area (Å²) in [6, 6.07) is 0. The van der Waals surface area contributed by atoms with E-state index in [-0.39, 0.29) is 23.8 Å². The van der Waals surface area contributed by atoms with Crippen LogP contribution >= 0.6 is 11.3 Å². The molecule has 2 aromatic heterocycles. The van der Waals surface area contributed by atoms with Gasteiger partial charge in [-0.3, -0.25) is 9.59 Å². The number of aryl methyl sites for hydroxylation is 2. The summed E-state index contributed by atoms with van der Waals surface area (Å²) in [7, 11) is 0. The Kier molecular flexibility index (Phi) is 2.93. The van der Waals surface area contributed by atoms with Gasteiger partial charge in [0.15, 0.2) is 0 Å². The van der Waals surface area contributed by atoms with Crippen molar-refractivity contribution in [2.75, 3.05) is 0 Å². The molecule has 0 atom stereocenters. The average Bonchev–Trinajstić information content (AvgIpc) is 2.85. The molecule has 2 aromatic rings. The second kappa shape index (κ2) is 4.41. The third-order valence-corrected chi connectivity index (χ3v) is 5.06. The van der Waals surface area contributed by atoms with Gasteiger partial charge in [-0.1, -0.05) is 13.8 Å². The maximum atomic E-state index is 12.3. The normalized spacial score (nSPS) is 16.5. The first-order chi connectivity index (χ1) is 9.38. The second-order valence-electron chi connectivity index (χ2n) is 5.87. The number of aliphatic carboxylic acids is 1. The summed E-state index contributed by atoms with van der Waals surface area (Å²) in [5, 5.41) is 9.40. The highest BCUT2D eigenvalue weighted by molar-refractivity contribution is 7.18. The van der Waals surface area contributed by atoms with Crippen LogP contribution in [-0.4, -0.2) is 21.0 Å². The minimum Gasteiger partial charge on any atom is -0.481 e. The number of carboxylic acid groups (broad SMARTS) is 1. The molecule has 2 heterocycles. The van der Waals surface area contributed by atoms with Crippen LogP contribution in [-0.2, 0) is 23.1 Å². The van der Waals surface area contributed by atoms with E-state index in [1.165, 1.54) is 4.88 Å². The zero-order valence-corrected chi connectivity index (χ0v) is 12.3. The summed E-state index contributed by atoms with van der Waals surface area (Å²) in [6.45, 7) is 4.31. The average molecular weight is 292 g/mol. The van der Waals surface area contributed by atoms with Crippen molar-refractivity contribution in [3.63, 3.8) is 0 Å². The largest absolute Gasteiger partial charge is 0.481 e. The van der Waals surface area contributed by atoms with E-state index in [0.29, 0.717) is 11.2 Å². The fraction of sp³-hybridized carbons (Fsp3) is 0.500. The number of aromatic amines is 1. The van der Waals surface area contributed by atoms with E-state index in [1.807, 2.05) is 0 Å². The van der Waals surface area contributed by atoms with Gasteiger partial charge in [-0.15, -0.1) is 11.3 Å². The summed E-state index contributed by atoms with van der Waals surface area (Å²) in [4.78, 5) is 32.1. The van der Waals surface area contributed by atoms with E-state index in [4.69, 9.17) is 5.11 Å². The standard InChI is InChI=1S/C14H16N2O3S/c1-14(2)6-5-7-11(14)10-12(19)15-8(3-4-9(17)18)16-13(10)20-7/h3-6H2,1-2H3,(H,17,18)(H,15,16,19). The van der Waals surface area contributed by atoms with Crippen molar-refractivity contribution >= 4 is 27.5 Å². The minimum atomic E-state index is -0.887. The molecule has 0 unspecified atom stereocenters. The molecule has 0 spiro atoms. The quantitative estimate of drug-likeness (QED) is 0.908. The van der Waals surface area contributed by atoms with Gasteiger partial charge < -0.3 is 10.1 Å². The minimum absolute atomic E-state index is 0.0187. The van der Waals surface area contributed by atoms with E-state index in [2.05, 4.69) is 23.8 Å². The van der Waals surface area contributed by atoms with Crippen molar-refractivity contribution in [3.05, 3.63) is 26.6 Å². The summed E-state index contributed by atoms with van der Waals surface area (Å²) >= 11 is 1.57. The number of fused-ring (bicyclic) bond motifs is 3. The third-order valence-electron chi connectivity index (χ3n) is 3.91. The third kappa shape index (κ3) is 2.04. The van der Waals surface area contributed by atoms with Gasteiger partial charge in [-0.25, -0.2) is 4.98 Å². The van der Waals surface area contributed by atoms with E-state index in [0.717, 1.165) is 23.2 Å². The highest BCUT2D eigenvalue weighted by Crippen LogP contribution is 2.45. The molecule has 0 radical (unpaired) electrons. The van der Waals surface area contributed by atoms with Crippen molar-refractivity contribution < 1.29 is 9.90 Å². The number of hydrogen-bond acceptors (Lipinski definition) is 4. The maximum Gasteiger partial charge on any atom is 0.303 e. The fourth-order valence-electron chi connectivity index (χ4n) is 2.89. The molecule has 1 aliphatic rings. The Morgan fingerprint density at radius 1 is 1.50 bits per heavy atom. The lowest BCUT2D eigenvalue weighted by Crippen LogP contribution is -2.18. The van der Waals surface area contributed by atoms with Gasteiger partial charge in [0.1, 0.15) is 10.7 Å². The van der Waals surface area contributed by atoms with Crippen LogP contribution in [0.1, 0.15) is 43.0 Å². The van der Waals surface area contributed by atoms with Crippen LogP contribution < -0.4 is 5.56 Å². The van der Waals surface area contributed by atoms with Crippen LogP contribution in [0.2, 0.25) is 0 Å². The van der Waals surface area contributed by atoms with Crippen LogP contribution in [0.5, 0.6) is 0 Å². The Labute approximate surface area is 119 Å². The Morgan fingerprint density at radius 2 is 2.25 bits per heavy atom. The second-order valence-corrected chi connectivity index (χ2v) is 6.95. The highest BCUT2D eigenvalue weighted by atomic mass is 32.1. The SMILES string of the molecule is CC1(C)CCc2sc3nc(CCC(=O)O)[nH]c(=O)c3c21. The zero-order chi connectivity index (χ0) is 14.5. The van der Waals surface area contributed by atoms with Gasteiger partial charge in [0, 0.05) is 11.3 Å². The summed E-state index contributed by atoms with van der Waals surface area (Å²) in [5.74, 6) is -0.426. The van der Waals surface area contributed by atoms with Crippen molar-refractivity contribution in [1.82, 2.24) is 9.97 Å². The van der Waals surface area contributed by atoms with Gasteiger partial charge in [-0.2, -0.15) is 0 Å². The smallest absolute Gasteiger partial charge is 0.303 e. The van der Waals surface area contributed by atoms with Gasteiger partial charge in [0.2, 0.25) is 0 Å². The van der Waals surface area contributed by atoms with Crippen molar-refractivity contribution in [2.24, 2.45) is 0 Å². The van der Waals surface area contributed by atoms with Crippen LogP contribution in [0.25, 0.3) is 10.2 Å². The molecule has 1 aliphatic carbocycles. The topological polar surface area (TPSA) is 83.0 Å². The Bertz CT molecular complexity index is 758. The van der Waals surface area contributed by atoms with Crippen LogP contribution in [0.15, 0.2) is 4.79 Å². The monoisotopic (exact) mass is 292 g/mol. The number of nitrogens with one attached hydrogen (secondary N) is 1. The van der Waals surface area contributed by atoms with Crippen LogP contribution in [0, 0.1) is 0 Å². The molecule has 6 heteroatoms. The van der Waals surface area contributed by atoms with E-state index in [1.54, 1.807) is 11.3 Å². The lowest BCUT2D eigenvalue weighted by Gasteiger charge is -2.17. The number of rotatable bonds is 3. The Balaban J connectivity index is 2.12.